The first-order valence-electron chi connectivity index (χ1n) is 11.4. The van der Waals surface area contributed by atoms with Crippen molar-refractivity contribution in [2.45, 2.75) is 25.0 Å². The van der Waals surface area contributed by atoms with Crippen LogP contribution in [0.2, 0.25) is 0 Å². The van der Waals surface area contributed by atoms with Gasteiger partial charge < -0.3 is 29.1 Å². The maximum atomic E-state index is 13.1. The van der Waals surface area contributed by atoms with Gasteiger partial charge in [0.05, 0.1) is 31.4 Å². The molecule has 0 aliphatic carbocycles. The predicted octanol–water partition coefficient (Wildman–Crippen LogP) is 1.75. The Balaban J connectivity index is 1.22. The second-order valence-corrected chi connectivity index (χ2v) is 8.67. The predicted molar refractivity (Wildman–Crippen MR) is 120 cm³/mol. The maximum absolute atomic E-state index is 13.1. The molecule has 8 heteroatoms. The molecule has 0 unspecified atom stereocenters. The maximum Gasteiger partial charge on any atom is 0.257 e. The first-order valence-corrected chi connectivity index (χ1v) is 11.4. The number of aliphatic hydroxyl groups is 1. The normalized spacial score (nSPS) is 21.2. The number of β-amino-alcohol motifs (C(OH)–C–C–N with tert-alkyl or cyclic N) is 1. The minimum Gasteiger partial charge on any atom is -0.491 e. The summed E-state index contributed by atoms with van der Waals surface area (Å²) in [6, 6.07) is 12.8. The molecule has 0 aromatic heterocycles. The Morgan fingerprint density at radius 3 is 2.61 bits per heavy atom. The third-order valence-electron chi connectivity index (χ3n) is 6.33. The van der Waals surface area contributed by atoms with Gasteiger partial charge in [-0.1, -0.05) is 18.2 Å². The molecule has 3 aliphatic heterocycles. The van der Waals surface area contributed by atoms with E-state index in [-0.39, 0.29) is 31.0 Å². The molecule has 1 saturated heterocycles. The highest BCUT2D eigenvalue weighted by Crippen LogP contribution is 2.29. The van der Waals surface area contributed by atoms with Crippen LogP contribution in [0.4, 0.5) is 0 Å². The molecule has 0 radical (unpaired) electrons. The van der Waals surface area contributed by atoms with Crippen molar-refractivity contribution < 1.29 is 28.9 Å². The minimum atomic E-state index is -0.852. The van der Waals surface area contributed by atoms with Crippen LogP contribution in [0.1, 0.15) is 32.7 Å². The molecule has 0 spiro atoms. The summed E-state index contributed by atoms with van der Waals surface area (Å²) in [5, 5.41) is 10.7. The van der Waals surface area contributed by atoms with Crippen LogP contribution in [0.25, 0.3) is 0 Å². The third kappa shape index (κ3) is 4.67. The molecule has 0 saturated carbocycles. The molecule has 2 aromatic carbocycles. The van der Waals surface area contributed by atoms with Crippen molar-refractivity contribution >= 4 is 11.8 Å². The van der Waals surface area contributed by atoms with Crippen LogP contribution in [0, 0.1) is 0 Å². The Morgan fingerprint density at radius 1 is 1.00 bits per heavy atom. The van der Waals surface area contributed by atoms with Gasteiger partial charge in [-0.3, -0.25) is 9.59 Å². The molecule has 3 heterocycles. The Morgan fingerprint density at radius 2 is 1.79 bits per heavy atom. The average molecular weight is 453 g/mol. The molecule has 3 aliphatic rings. The summed E-state index contributed by atoms with van der Waals surface area (Å²) in [5.41, 5.74) is 2.16. The van der Waals surface area contributed by atoms with Crippen molar-refractivity contribution in [3.05, 3.63) is 59.2 Å². The topological polar surface area (TPSA) is 88.5 Å². The summed E-state index contributed by atoms with van der Waals surface area (Å²) in [4.78, 5) is 29.2. The van der Waals surface area contributed by atoms with Gasteiger partial charge in [0, 0.05) is 37.7 Å². The lowest BCUT2D eigenvalue weighted by atomic mass is 9.99. The Labute approximate surface area is 192 Å². The highest BCUT2D eigenvalue weighted by Gasteiger charge is 2.29. The Hall–Kier alpha value is -3.10. The summed E-state index contributed by atoms with van der Waals surface area (Å²) in [6.45, 7) is 2.80. The number of rotatable bonds is 6. The van der Waals surface area contributed by atoms with E-state index in [1.54, 1.807) is 28.0 Å². The number of hydrogen-bond acceptors (Lipinski definition) is 6. The summed E-state index contributed by atoms with van der Waals surface area (Å²) in [7, 11) is 0. The highest BCUT2D eigenvalue weighted by molar-refractivity contribution is 5.98. The van der Waals surface area contributed by atoms with Crippen LogP contribution in [0.15, 0.2) is 42.5 Å². The quantitative estimate of drug-likeness (QED) is 0.719. The van der Waals surface area contributed by atoms with E-state index in [0.29, 0.717) is 55.5 Å². The number of ether oxygens (including phenoxy) is 3. The Kier molecular flexibility index (Phi) is 6.20. The van der Waals surface area contributed by atoms with Crippen molar-refractivity contribution in [2.75, 3.05) is 46.0 Å². The van der Waals surface area contributed by atoms with Gasteiger partial charge in [0.15, 0.2) is 0 Å². The van der Waals surface area contributed by atoms with E-state index in [1.165, 1.54) is 0 Å². The molecular formula is C25H28N2O6. The minimum absolute atomic E-state index is 0.0145. The zero-order chi connectivity index (χ0) is 22.8. The molecule has 8 nitrogen and oxygen atoms in total. The fraction of sp³-hybridized carbons (Fsp3) is 0.440. The van der Waals surface area contributed by atoms with Gasteiger partial charge in [-0.15, -0.1) is 0 Å². The molecule has 2 amide bonds. The van der Waals surface area contributed by atoms with Gasteiger partial charge >= 0.3 is 0 Å². The van der Waals surface area contributed by atoms with Crippen LogP contribution < -0.4 is 9.47 Å². The van der Waals surface area contributed by atoms with Crippen LogP contribution in [0.3, 0.4) is 0 Å². The zero-order valence-electron chi connectivity index (χ0n) is 18.4. The number of amides is 2. The van der Waals surface area contributed by atoms with E-state index in [0.717, 1.165) is 18.4 Å². The molecule has 2 aromatic rings. The van der Waals surface area contributed by atoms with E-state index in [1.807, 2.05) is 24.3 Å². The fourth-order valence-electron chi connectivity index (χ4n) is 4.60. The van der Waals surface area contributed by atoms with Gasteiger partial charge in [-0.05, 0) is 30.2 Å². The first kappa shape index (κ1) is 21.7. The van der Waals surface area contributed by atoms with Crippen LogP contribution >= 0.6 is 0 Å². The lowest BCUT2D eigenvalue weighted by Crippen LogP contribution is -2.47. The van der Waals surface area contributed by atoms with Crippen LogP contribution in [-0.2, 0) is 11.2 Å². The van der Waals surface area contributed by atoms with Crippen LogP contribution in [-0.4, -0.2) is 84.9 Å². The van der Waals surface area contributed by atoms with Crippen molar-refractivity contribution in [2.24, 2.45) is 0 Å². The summed E-state index contributed by atoms with van der Waals surface area (Å²) >= 11 is 0. The second kappa shape index (κ2) is 9.41. The summed E-state index contributed by atoms with van der Waals surface area (Å²) in [5.74, 6) is 0.852. The third-order valence-corrected chi connectivity index (χ3v) is 6.33. The number of carbonyl (C=O) groups excluding carboxylic acids is 2. The molecule has 1 N–H and O–H groups in total. The fourth-order valence-corrected chi connectivity index (χ4v) is 4.60. The van der Waals surface area contributed by atoms with Gasteiger partial charge in [0.25, 0.3) is 11.8 Å². The van der Waals surface area contributed by atoms with Crippen molar-refractivity contribution in [1.29, 1.82) is 0 Å². The van der Waals surface area contributed by atoms with Gasteiger partial charge in [0.2, 0.25) is 0 Å². The zero-order valence-corrected chi connectivity index (χ0v) is 18.4. The van der Waals surface area contributed by atoms with E-state index in [9.17, 15) is 14.7 Å². The largest absolute Gasteiger partial charge is 0.491 e. The van der Waals surface area contributed by atoms with Crippen molar-refractivity contribution in [3.8, 4) is 11.5 Å². The van der Waals surface area contributed by atoms with Gasteiger partial charge in [0.1, 0.15) is 24.2 Å². The SMILES string of the molecule is O=C1c2ccccc2CCN1C[C@@H](O)CN1CCOc2cc(O[C@@H]3CCOC3)ccc2C1=O. The van der Waals surface area contributed by atoms with Gasteiger partial charge in [-0.2, -0.15) is 0 Å². The average Bonchev–Trinajstić information content (AvgIpc) is 3.28. The lowest BCUT2D eigenvalue weighted by Gasteiger charge is -2.32. The van der Waals surface area contributed by atoms with E-state index in [2.05, 4.69) is 0 Å². The standard InChI is InChI=1S/C25H28N2O6/c28-18(14-26-9-7-17-3-1-2-4-21(17)24(26)29)15-27-10-12-32-23-13-19(5-6-22(23)25(27)30)33-20-8-11-31-16-20/h1-6,13,18,20,28H,7-12,14-16H2/t18-,20-/m1/s1. The Bertz CT molecular complexity index is 1040. The number of nitrogens with zero attached hydrogens (tertiary/aromatic N) is 2. The van der Waals surface area contributed by atoms with E-state index in [4.69, 9.17) is 14.2 Å². The monoisotopic (exact) mass is 452 g/mol. The van der Waals surface area contributed by atoms with Gasteiger partial charge in [-0.25, -0.2) is 0 Å². The molecule has 1 fully saturated rings. The number of carbonyl (C=O) groups is 2. The first-order chi connectivity index (χ1) is 16.1. The smallest absolute Gasteiger partial charge is 0.257 e. The number of fused-ring (bicyclic) bond motifs is 2. The molecule has 174 valence electrons. The molecular weight excluding hydrogens is 424 g/mol. The van der Waals surface area contributed by atoms with E-state index < -0.39 is 6.10 Å². The number of aliphatic hydroxyl groups excluding tert-OH is 1. The van der Waals surface area contributed by atoms with E-state index >= 15 is 0 Å². The summed E-state index contributed by atoms with van der Waals surface area (Å²) in [6.07, 6.45) is 0.763. The molecule has 0 bridgehead atoms. The number of hydrogen-bond donors (Lipinski definition) is 1. The highest BCUT2D eigenvalue weighted by atomic mass is 16.5. The van der Waals surface area contributed by atoms with Crippen LogP contribution in [0.5, 0.6) is 11.5 Å². The molecule has 5 rings (SSSR count). The number of benzene rings is 2. The molecule has 33 heavy (non-hydrogen) atoms. The second-order valence-electron chi connectivity index (χ2n) is 8.67. The molecule has 2 atom stereocenters. The van der Waals surface area contributed by atoms with Crippen molar-refractivity contribution in [3.63, 3.8) is 0 Å². The lowest BCUT2D eigenvalue weighted by molar-refractivity contribution is 0.0449. The summed E-state index contributed by atoms with van der Waals surface area (Å²) < 4.78 is 17.1. The van der Waals surface area contributed by atoms with Crippen molar-refractivity contribution in [1.82, 2.24) is 9.80 Å².